The lowest BCUT2D eigenvalue weighted by molar-refractivity contribution is -0.0592. The molecule has 0 saturated carbocycles. The van der Waals surface area contributed by atoms with Gasteiger partial charge >= 0.3 is 5.97 Å². The second-order valence-electron chi connectivity index (χ2n) is 9.97. The third-order valence-electron chi connectivity index (χ3n) is 7.36. The molecule has 0 amide bonds. The molecule has 0 bridgehead atoms. The Morgan fingerprint density at radius 3 is 2.72 bits per heavy atom. The Hall–Kier alpha value is -3.53. The summed E-state index contributed by atoms with van der Waals surface area (Å²) in [6.07, 6.45) is 1.68. The van der Waals surface area contributed by atoms with Gasteiger partial charge in [0.15, 0.2) is 11.6 Å². The number of benzene rings is 3. The Balaban J connectivity index is 1.22. The summed E-state index contributed by atoms with van der Waals surface area (Å²) in [7, 11) is 0. The normalized spacial score (nSPS) is 17.2. The van der Waals surface area contributed by atoms with E-state index in [1.165, 1.54) is 18.2 Å². The zero-order valence-corrected chi connectivity index (χ0v) is 21.8. The van der Waals surface area contributed by atoms with Crippen molar-refractivity contribution in [3.63, 3.8) is 0 Å². The first-order valence-corrected chi connectivity index (χ1v) is 13.2. The molecule has 6 rings (SSSR count). The van der Waals surface area contributed by atoms with Crippen molar-refractivity contribution >= 4 is 28.6 Å². The van der Waals surface area contributed by atoms with Crippen molar-refractivity contribution in [3.05, 3.63) is 93.3 Å². The lowest BCUT2D eigenvalue weighted by Gasteiger charge is -2.30. The van der Waals surface area contributed by atoms with Crippen LogP contribution in [0.25, 0.3) is 11.0 Å². The van der Waals surface area contributed by atoms with Gasteiger partial charge < -0.3 is 19.1 Å². The van der Waals surface area contributed by atoms with Crippen LogP contribution in [0.15, 0.2) is 48.5 Å². The van der Waals surface area contributed by atoms with Crippen molar-refractivity contribution < 1.29 is 28.2 Å². The molecular formula is C29H26ClF2N3O4. The number of aromatic carboxylic acids is 1. The van der Waals surface area contributed by atoms with E-state index in [2.05, 4.69) is 9.47 Å². The Morgan fingerprint density at radius 1 is 1.13 bits per heavy atom. The summed E-state index contributed by atoms with van der Waals surface area (Å²) in [6, 6.07) is 12.4. The van der Waals surface area contributed by atoms with Crippen molar-refractivity contribution in [3.8, 4) is 5.75 Å². The number of nitrogens with zero attached hydrogens (tertiary/aromatic N) is 3. The fourth-order valence-corrected chi connectivity index (χ4v) is 5.28. The van der Waals surface area contributed by atoms with Gasteiger partial charge in [0.05, 0.1) is 35.8 Å². The molecule has 7 nitrogen and oxygen atoms in total. The van der Waals surface area contributed by atoms with Gasteiger partial charge in [-0.25, -0.2) is 18.6 Å². The zero-order chi connectivity index (χ0) is 27.1. The van der Waals surface area contributed by atoms with Crippen LogP contribution in [0.5, 0.6) is 5.75 Å². The van der Waals surface area contributed by atoms with E-state index in [4.69, 9.17) is 26.1 Å². The fraction of sp³-hybridized carbons (Fsp3) is 0.310. The first-order chi connectivity index (χ1) is 18.8. The molecule has 4 aromatic rings. The molecule has 1 N–H and O–H groups in total. The number of imidazole rings is 1. The molecule has 2 aliphatic rings. The number of hydrogen-bond acceptors (Lipinski definition) is 5. The van der Waals surface area contributed by atoms with Gasteiger partial charge in [0.2, 0.25) is 0 Å². The maximum Gasteiger partial charge on any atom is 0.335 e. The molecule has 1 aromatic heterocycles. The summed E-state index contributed by atoms with van der Waals surface area (Å²) in [5.74, 6) is -1.07. The predicted octanol–water partition coefficient (Wildman–Crippen LogP) is 5.59. The van der Waals surface area contributed by atoms with E-state index < -0.39 is 17.6 Å². The highest BCUT2D eigenvalue weighted by Crippen LogP contribution is 2.30. The van der Waals surface area contributed by atoms with Gasteiger partial charge in [-0.3, -0.25) is 4.90 Å². The molecule has 1 fully saturated rings. The van der Waals surface area contributed by atoms with E-state index in [9.17, 15) is 18.7 Å². The zero-order valence-electron chi connectivity index (χ0n) is 21.0. The topological polar surface area (TPSA) is 76.8 Å². The van der Waals surface area contributed by atoms with Crippen molar-refractivity contribution in [2.75, 3.05) is 13.2 Å². The minimum Gasteiger partial charge on any atom is -0.486 e. The molecule has 202 valence electrons. The lowest BCUT2D eigenvalue weighted by Crippen LogP contribution is -2.34. The summed E-state index contributed by atoms with van der Waals surface area (Å²) in [5, 5.41) is 9.77. The summed E-state index contributed by atoms with van der Waals surface area (Å²) in [4.78, 5) is 18.6. The number of aromatic nitrogens is 2. The summed E-state index contributed by atoms with van der Waals surface area (Å²) in [6.45, 7) is 3.02. The Labute approximate surface area is 228 Å². The minimum atomic E-state index is -0.984. The quantitative estimate of drug-likeness (QED) is 0.306. The highest BCUT2D eigenvalue weighted by atomic mass is 35.5. The minimum absolute atomic E-state index is 0.0699. The summed E-state index contributed by atoms with van der Waals surface area (Å²) < 4.78 is 42.3. The molecular weight excluding hydrogens is 528 g/mol. The number of hydrogen-bond donors (Lipinski definition) is 1. The number of carbonyl (C=O) groups is 1. The molecule has 3 heterocycles. The summed E-state index contributed by atoms with van der Waals surface area (Å²) in [5.41, 5.74) is 3.86. The van der Waals surface area contributed by atoms with E-state index in [0.717, 1.165) is 41.0 Å². The second kappa shape index (κ2) is 10.6. The molecule has 3 aromatic carbocycles. The van der Waals surface area contributed by atoms with E-state index >= 15 is 0 Å². The third-order valence-corrected chi connectivity index (χ3v) is 7.60. The molecule has 1 atom stereocenters. The molecule has 0 aliphatic carbocycles. The monoisotopic (exact) mass is 553 g/mol. The van der Waals surface area contributed by atoms with Crippen LogP contribution in [-0.2, 0) is 37.4 Å². The van der Waals surface area contributed by atoms with E-state index in [1.807, 2.05) is 0 Å². The van der Waals surface area contributed by atoms with Crippen molar-refractivity contribution in [2.45, 2.75) is 45.2 Å². The van der Waals surface area contributed by atoms with Crippen LogP contribution in [0, 0.1) is 11.6 Å². The van der Waals surface area contributed by atoms with Crippen molar-refractivity contribution in [2.24, 2.45) is 0 Å². The molecule has 0 radical (unpaired) electrons. The fourth-order valence-electron chi connectivity index (χ4n) is 5.12. The van der Waals surface area contributed by atoms with Crippen molar-refractivity contribution in [1.29, 1.82) is 0 Å². The van der Waals surface area contributed by atoms with Crippen LogP contribution >= 0.6 is 11.6 Å². The standard InChI is InChI=1S/C29H26ClF2N3O4/c30-21-3-1-19(23(31)12-21)16-39-27-11-20-13-34(7-5-17(20)9-24(27)32)15-28-33-25-4-2-18(29(36)37)10-26(25)35(28)14-22-6-8-38-22/h1-4,9-12,22H,5-8,13-16H2,(H,36,37)/t22-/m0/s1. The van der Waals surface area contributed by atoms with Crippen LogP contribution < -0.4 is 4.74 Å². The van der Waals surface area contributed by atoms with Gasteiger partial charge in [-0.05, 0) is 66.4 Å². The van der Waals surface area contributed by atoms with E-state index in [0.29, 0.717) is 38.2 Å². The molecule has 39 heavy (non-hydrogen) atoms. The smallest absolute Gasteiger partial charge is 0.335 e. The first kappa shape index (κ1) is 25.7. The average molecular weight is 554 g/mol. The van der Waals surface area contributed by atoms with Crippen LogP contribution in [0.3, 0.4) is 0 Å². The second-order valence-corrected chi connectivity index (χ2v) is 10.4. The number of halogens is 3. The SMILES string of the molecule is O=C(O)c1ccc2nc(CN3CCc4cc(F)c(OCc5ccc(Cl)cc5F)cc4C3)n(C[C@@H]3CCO3)c2c1. The predicted molar refractivity (Wildman–Crippen MR) is 141 cm³/mol. The highest BCUT2D eigenvalue weighted by molar-refractivity contribution is 6.30. The summed E-state index contributed by atoms with van der Waals surface area (Å²) >= 11 is 5.82. The van der Waals surface area contributed by atoms with Crippen molar-refractivity contribution in [1.82, 2.24) is 14.5 Å². The maximum absolute atomic E-state index is 14.8. The molecule has 0 unspecified atom stereocenters. The van der Waals surface area contributed by atoms with Gasteiger partial charge in [0, 0.05) is 30.3 Å². The van der Waals surface area contributed by atoms with Crippen LogP contribution in [-0.4, -0.2) is 44.8 Å². The lowest BCUT2D eigenvalue weighted by atomic mass is 9.99. The first-order valence-electron chi connectivity index (χ1n) is 12.8. The Bertz CT molecular complexity index is 1570. The van der Waals surface area contributed by atoms with Crippen LogP contribution in [0.1, 0.15) is 39.3 Å². The van der Waals surface area contributed by atoms with Gasteiger partial charge in [-0.2, -0.15) is 0 Å². The van der Waals surface area contributed by atoms with Gasteiger partial charge in [-0.15, -0.1) is 0 Å². The van der Waals surface area contributed by atoms with Crippen LogP contribution in [0.4, 0.5) is 8.78 Å². The number of rotatable bonds is 8. The molecule has 0 spiro atoms. The van der Waals surface area contributed by atoms with Gasteiger partial charge in [0.25, 0.3) is 0 Å². The molecule has 1 saturated heterocycles. The number of fused-ring (bicyclic) bond motifs is 2. The third kappa shape index (κ3) is 5.34. The molecule has 2 aliphatic heterocycles. The van der Waals surface area contributed by atoms with E-state index in [-0.39, 0.29) is 29.0 Å². The van der Waals surface area contributed by atoms with Gasteiger partial charge in [-0.1, -0.05) is 17.7 Å². The largest absolute Gasteiger partial charge is 0.486 e. The Morgan fingerprint density at radius 2 is 1.97 bits per heavy atom. The van der Waals surface area contributed by atoms with Crippen LogP contribution in [0.2, 0.25) is 5.02 Å². The Kier molecular flexibility index (Phi) is 6.97. The van der Waals surface area contributed by atoms with Gasteiger partial charge in [0.1, 0.15) is 18.2 Å². The number of carboxylic acid groups (broad SMARTS) is 1. The number of carboxylic acids is 1. The molecule has 10 heteroatoms. The van der Waals surface area contributed by atoms with E-state index in [1.54, 1.807) is 30.3 Å². The highest BCUT2D eigenvalue weighted by Gasteiger charge is 2.25. The average Bonchev–Trinajstić information content (AvgIpc) is 3.21. The number of ether oxygens (including phenoxy) is 2. The maximum atomic E-state index is 14.8.